The smallest absolute Gasteiger partial charge is 0.269 e. The van der Waals surface area contributed by atoms with Gasteiger partial charge in [0.05, 0.1) is 35.3 Å². The molecule has 0 aliphatic carbocycles. The second-order valence-electron chi connectivity index (χ2n) is 14.1. The minimum absolute atomic E-state index is 0.0648. The number of fused-ring (bicyclic) bond motifs is 4. The van der Waals surface area contributed by atoms with Crippen LogP contribution in [0.5, 0.6) is 11.5 Å². The molecular formula is C40H39N3O8. The molecule has 4 heterocycles. The second-order valence-corrected chi connectivity index (χ2v) is 14.1. The molecule has 0 saturated carbocycles. The van der Waals surface area contributed by atoms with E-state index in [0.717, 1.165) is 5.56 Å². The Kier molecular flexibility index (Phi) is 7.90. The van der Waals surface area contributed by atoms with Gasteiger partial charge in [-0.15, -0.1) is 0 Å². The van der Waals surface area contributed by atoms with Gasteiger partial charge in [0.1, 0.15) is 11.5 Å². The van der Waals surface area contributed by atoms with Crippen LogP contribution in [0.2, 0.25) is 0 Å². The van der Waals surface area contributed by atoms with Crippen molar-refractivity contribution in [3.8, 4) is 11.5 Å². The summed E-state index contributed by atoms with van der Waals surface area (Å²) < 4.78 is 18.1. The molecule has 0 unspecified atom stereocenters. The van der Waals surface area contributed by atoms with Gasteiger partial charge in [0.25, 0.3) is 17.7 Å². The number of anilines is 5. The topological polar surface area (TPSA) is 129 Å². The summed E-state index contributed by atoms with van der Waals surface area (Å²) in [6.45, 7) is 5.16. The van der Waals surface area contributed by atoms with Crippen LogP contribution in [0.4, 0.5) is 28.4 Å². The first-order valence-electron chi connectivity index (χ1n) is 17.2. The number of rotatable bonds is 7. The van der Waals surface area contributed by atoms with Crippen LogP contribution >= 0.6 is 0 Å². The maximum Gasteiger partial charge on any atom is 0.269 e. The summed E-state index contributed by atoms with van der Waals surface area (Å²) in [6.07, 6.45) is -0.368. The van der Waals surface area contributed by atoms with Gasteiger partial charge >= 0.3 is 0 Å². The molecule has 0 bridgehead atoms. The minimum atomic E-state index is -1.49. The Hall–Kier alpha value is -5.23. The van der Waals surface area contributed by atoms with Crippen LogP contribution < -0.4 is 24.2 Å². The van der Waals surface area contributed by atoms with E-state index in [0.29, 0.717) is 45.5 Å². The Balaban J connectivity index is 1.20. The molecule has 4 aliphatic heterocycles. The highest BCUT2D eigenvalue weighted by Gasteiger charge is 2.65. The summed E-state index contributed by atoms with van der Waals surface area (Å²) in [7, 11) is 0. The summed E-state index contributed by atoms with van der Waals surface area (Å²) in [5.74, 6) is -0.499. The van der Waals surface area contributed by atoms with E-state index in [9.17, 15) is 24.6 Å². The van der Waals surface area contributed by atoms with Crippen molar-refractivity contribution in [2.75, 3.05) is 34.5 Å². The third-order valence-electron chi connectivity index (χ3n) is 10.6. The second kappa shape index (κ2) is 12.2. The zero-order valence-corrected chi connectivity index (χ0v) is 28.6. The van der Waals surface area contributed by atoms with Crippen LogP contribution in [0.15, 0.2) is 91.0 Å². The molecule has 1 saturated heterocycles. The van der Waals surface area contributed by atoms with Crippen molar-refractivity contribution in [2.45, 2.75) is 51.0 Å². The molecule has 2 N–H and O–H groups in total. The molecule has 0 aromatic heterocycles. The fraction of sp³-hybridized carbons (Fsp3) is 0.325. The van der Waals surface area contributed by atoms with Crippen LogP contribution in [-0.4, -0.2) is 59.5 Å². The highest BCUT2D eigenvalue weighted by Crippen LogP contribution is 2.59. The first kappa shape index (κ1) is 32.9. The zero-order chi connectivity index (χ0) is 35.7. The van der Waals surface area contributed by atoms with E-state index in [1.165, 1.54) is 0 Å². The Labute approximate surface area is 295 Å². The first-order valence-corrected chi connectivity index (χ1v) is 17.2. The minimum Gasteiger partial charge on any atom is -0.482 e. The van der Waals surface area contributed by atoms with Crippen molar-refractivity contribution in [3.63, 3.8) is 0 Å². The molecular weight excluding hydrogens is 650 g/mol. The largest absolute Gasteiger partial charge is 0.482 e. The Morgan fingerprint density at radius 2 is 1.35 bits per heavy atom. The van der Waals surface area contributed by atoms with Gasteiger partial charge in [-0.1, -0.05) is 43.3 Å². The van der Waals surface area contributed by atoms with Crippen LogP contribution in [-0.2, 0) is 31.3 Å². The molecule has 4 atom stereocenters. The van der Waals surface area contributed by atoms with E-state index in [2.05, 4.69) is 0 Å². The molecule has 262 valence electrons. The highest BCUT2D eigenvalue weighted by molar-refractivity contribution is 6.10. The van der Waals surface area contributed by atoms with Crippen LogP contribution in [0, 0.1) is 11.8 Å². The van der Waals surface area contributed by atoms with E-state index >= 15 is 0 Å². The molecule has 8 rings (SSSR count). The van der Waals surface area contributed by atoms with Crippen molar-refractivity contribution in [3.05, 3.63) is 102 Å². The van der Waals surface area contributed by atoms with Gasteiger partial charge in [-0.3, -0.25) is 24.2 Å². The number of carbonyl (C=O) groups is 3. The maximum atomic E-state index is 15.0. The summed E-state index contributed by atoms with van der Waals surface area (Å²) in [5.41, 5.74) is 1.83. The number of carbonyl (C=O) groups excluding carboxylic acids is 3. The van der Waals surface area contributed by atoms with Crippen molar-refractivity contribution in [2.24, 2.45) is 11.8 Å². The van der Waals surface area contributed by atoms with E-state index in [4.69, 9.17) is 14.2 Å². The monoisotopic (exact) mass is 689 g/mol. The van der Waals surface area contributed by atoms with Crippen molar-refractivity contribution < 1.29 is 38.8 Å². The van der Waals surface area contributed by atoms with Gasteiger partial charge < -0.3 is 29.3 Å². The molecule has 4 aromatic rings. The van der Waals surface area contributed by atoms with Gasteiger partial charge in [0.2, 0.25) is 0 Å². The summed E-state index contributed by atoms with van der Waals surface area (Å²) >= 11 is 0. The van der Waals surface area contributed by atoms with E-state index in [1.807, 2.05) is 97.9 Å². The number of aliphatic hydroxyl groups is 2. The number of benzene rings is 4. The quantitative estimate of drug-likeness (QED) is 0.266. The molecule has 51 heavy (non-hydrogen) atoms. The molecule has 4 aromatic carbocycles. The van der Waals surface area contributed by atoms with Crippen molar-refractivity contribution in [1.82, 2.24) is 0 Å². The number of aliphatic hydroxyl groups excluding tert-OH is 1. The molecule has 3 amide bonds. The van der Waals surface area contributed by atoms with Gasteiger partial charge in [-0.2, -0.15) is 0 Å². The predicted molar refractivity (Wildman–Crippen MR) is 189 cm³/mol. The lowest BCUT2D eigenvalue weighted by atomic mass is 9.71. The number of ether oxygens (including phenoxy) is 3. The number of nitrogens with zero attached hydrogens (tertiary/aromatic N) is 3. The average molecular weight is 690 g/mol. The Bertz CT molecular complexity index is 2040. The summed E-state index contributed by atoms with van der Waals surface area (Å²) in [5, 5.41) is 21.4. The lowest BCUT2D eigenvalue weighted by molar-refractivity contribution is -0.146. The highest BCUT2D eigenvalue weighted by atomic mass is 16.5. The van der Waals surface area contributed by atoms with E-state index in [1.54, 1.807) is 28.5 Å². The van der Waals surface area contributed by atoms with Crippen LogP contribution in [0.3, 0.4) is 0 Å². The van der Waals surface area contributed by atoms with Crippen molar-refractivity contribution >= 4 is 46.2 Å². The Morgan fingerprint density at radius 1 is 0.784 bits per heavy atom. The van der Waals surface area contributed by atoms with Gasteiger partial charge in [-0.05, 0) is 80.4 Å². The molecule has 4 aliphatic rings. The van der Waals surface area contributed by atoms with Gasteiger partial charge in [0.15, 0.2) is 18.8 Å². The van der Waals surface area contributed by atoms with Gasteiger partial charge in [0, 0.05) is 35.4 Å². The number of amides is 3. The van der Waals surface area contributed by atoms with E-state index in [-0.39, 0.29) is 50.5 Å². The summed E-state index contributed by atoms with van der Waals surface area (Å²) in [6, 6.07) is 27.7. The fourth-order valence-corrected chi connectivity index (χ4v) is 8.46. The zero-order valence-electron chi connectivity index (χ0n) is 28.6. The molecule has 0 radical (unpaired) electrons. The number of para-hydroxylation sites is 4. The average Bonchev–Trinajstić information content (AvgIpc) is 3.54. The van der Waals surface area contributed by atoms with E-state index < -0.39 is 29.1 Å². The first-order chi connectivity index (χ1) is 24.5. The fourth-order valence-electron chi connectivity index (χ4n) is 8.46. The summed E-state index contributed by atoms with van der Waals surface area (Å²) in [4.78, 5) is 46.2. The van der Waals surface area contributed by atoms with Crippen LogP contribution in [0.1, 0.15) is 38.3 Å². The lowest BCUT2D eigenvalue weighted by Gasteiger charge is -2.34. The standard InChI is InChI=1S/C40H39N3O8/c1-24-37(39(2,3)48)34(18-19-44)51-40(24)28-20-27(43-31-9-5-7-11-33(31)50-23-36(43)46)16-17-29(28)41(38(40)47)21-25-12-14-26(15-13-25)42-30-8-4-6-10-32(30)49-22-35(42)45/h4-17,20,24,34,37,44,48H,18-19,21-23H2,1-3H3/t24-,34+,37-,40+/m1/s1. The predicted octanol–water partition coefficient (Wildman–Crippen LogP) is 5.35. The Morgan fingerprint density at radius 3 is 1.94 bits per heavy atom. The molecule has 11 nitrogen and oxygen atoms in total. The lowest BCUT2D eigenvalue weighted by Crippen LogP contribution is -2.46. The van der Waals surface area contributed by atoms with Crippen molar-refractivity contribution in [1.29, 1.82) is 0 Å². The van der Waals surface area contributed by atoms with Crippen LogP contribution in [0.25, 0.3) is 0 Å². The maximum absolute atomic E-state index is 15.0. The third-order valence-corrected chi connectivity index (χ3v) is 10.6. The molecule has 1 spiro atoms. The molecule has 11 heteroatoms. The number of hydrogen-bond acceptors (Lipinski definition) is 8. The SMILES string of the molecule is C[C@@H]1[C@@H](C(C)(C)O)[C@H](CCO)O[C@@]12C(=O)N(Cc1ccc(N3C(=O)COc4ccccc43)cc1)c1ccc(N3C(=O)COc4ccccc43)cc12. The molecule has 1 fully saturated rings. The normalized spacial score (nSPS) is 24.0. The number of hydrogen-bond donors (Lipinski definition) is 2. The third kappa shape index (κ3) is 5.18. The van der Waals surface area contributed by atoms with Gasteiger partial charge in [-0.25, -0.2) is 0 Å².